The fourth-order valence-electron chi connectivity index (χ4n) is 11.8. The summed E-state index contributed by atoms with van der Waals surface area (Å²) in [6, 6.07) is 122. The van der Waals surface area contributed by atoms with E-state index in [9.17, 15) is 0 Å². The molecule has 0 N–H and O–H groups in total. The van der Waals surface area contributed by atoms with Crippen LogP contribution in [0.4, 0.5) is 51.2 Å². The molecule has 4 heteroatoms. The summed E-state index contributed by atoms with van der Waals surface area (Å²) in [5, 5.41) is 3.57. The van der Waals surface area contributed by atoms with Gasteiger partial charge in [0, 0.05) is 73.2 Å². The zero-order chi connectivity index (χ0) is 54.6. The maximum atomic E-state index is 2.50. The van der Waals surface area contributed by atoms with Gasteiger partial charge in [-0.15, -0.1) is 0 Å². The van der Waals surface area contributed by atoms with Crippen LogP contribution < -0.4 is 14.7 Å². The van der Waals surface area contributed by atoms with Gasteiger partial charge in [-0.3, -0.25) is 0 Å². The van der Waals surface area contributed by atoms with E-state index in [0.29, 0.717) is 0 Å². The summed E-state index contributed by atoms with van der Waals surface area (Å²) in [5.41, 5.74) is 21.3. The highest BCUT2D eigenvalue weighted by molar-refractivity contribution is 6.20. The van der Waals surface area contributed by atoms with Gasteiger partial charge < -0.3 is 19.3 Å². The van der Waals surface area contributed by atoms with Crippen molar-refractivity contribution in [2.75, 3.05) is 14.7 Å². The second kappa shape index (κ2) is 22.1. The SMILES string of the molecule is c1ccc(-c2ccc(-n3c(-c4ccccc4)c(-c4ccccc4)c4cc(-c5ccc(N(c6ccc(N(c7ccccc7)c7ccccc7)cc6)c6ccc(N(c7ccccc7)c7ccccc7)cc6)cc5)c5ccccc5c43)cc2)cc1. The van der Waals surface area contributed by atoms with E-state index in [0.717, 1.165) is 73.7 Å². The molecule has 0 spiro atoms. The Bertz CT molecular complexity index is 4210. The van der Waals surface area contributed by atoms with E-state index in [-0.39, 0.29) is 0 Å². The molecule has 0 saturated heterocycles. The molecule has 388 valence electrons. The molecule has 82 heavy (non-hydrogen) atoms. The fraction of sp³-hybridized carbons (Fsp3) is 0. The number of fused-ring (bicyclic) bond motifs is 3. The van der Waals surface area contributed by atoms with Crippen LogP contribution in [0, 0.1) is 0 Å². The average molecular weight is 1050 g/mol. The van der Waals surface area contributed by atoms with Gasteiger partial charge in [-0.1, -0.05) is 212 Å². The molecule has 13 aromatic carbocycles. The third kappa shape index (κ3) is 9.44. The number of anilines is 9. The molecule has 0 bridgehead atoms. The Labute approximate surface area is 479 Å². The van der Waals surface area contributed by atoms with Gasteiger partial charge in [0.25, 0.3) is 0 Å². The van der Waals surface area contributed by atoms with Crippen LogP contribution in [0.5, 0.6) is 0 Å². The Hall–Kier alpha value is -10.9. The highest BCUT2D eigenvalue weighted by Crippen LogP contribution is 2.49. The monoisotopic (exact) mass is 1050 g/mol. The van der Waals surface area contributed by atoms with Crippen LogP contribution in [0.2, 0.25) is 0 Å². The highest BCUT2D eigenvalue weighted by atomic mass is 15.2. The van der Waals surface area contributed by atoms with Crippen molar-refractivity contribution in [1.29, 1.82) is 0 Å². The zero-order valence-electron chi connectivity index (χ0n) is 45.1. The van der Waals surface area contributed by atoms with Crippen LogP contribution in [0.1, 0.15) is 0 Å². The number of hydrogen-bond acceptors (Lipinski definition) is 3. The highest BCUT2D eigenvalue weighted by Gasteiger charge is 2.25. The maximum absolute atomic E-state index is 2.50. The second-order valence-electron chi connectivity index (χ2n) is 20.5. The molecule has 0 saturated carbocycles. The maximum Gasteiger partial charge on any atom is 0.0620 e. The first-order chi connectivity index (χ1) is 40.7. The van der Waals surface area contributed by atoms with Gasteiger partial charge in [-0.05, 0) is 166 Å². The summed E-state index contributed by atoms with van der Waals surface area (Å²) >= 11 is 0. The van der Waals surface area contributed by atoms with Crippen LogP contribution in [0.25, 0.3) is 72.0 Å². The largest absolute Gasteiger partial charge is 0.311 e. The molecule has 14 aromatic rings. The standard InChI is InChI=1S/C78H56N4/c1-8-24-57(25-9-1)58-40-44-71(45-41-58)82-77(61-28-12-3-13-29-61)76(60-26-10-2-11-27-60)75-56-74(72-38-22-23-39-73(72)78(75)82)59-42-46-66(47-43-59)81(69-52-48-67(49-53-69)79(62-30-14-4-15-31-62)63-32-16-5-17-33-63)70-54-50-68(51-55-70)80(64-34-18-6-19-35-64)65-36-20-7-21-37-65/h1-56H. The van der Waals surface area contributed by atoms with E-state index in [2.05, 4.69) is 359 Å². The minimum absolute atomic E-state index is 1.04. The predicted molar refractivity (Wildman–Crippen MR) is 347 cm³/mol. The van der Waals surface area contributed by atoms with E-state index in [1.807, 2.05) is 0 Å². The van der Waals surface area contributed by atoms with E-state index in [1.54, 1.807) is 0 Å². The Morgan fingerprint density at radius 3 is 0.902 bits per heavy atom. The summed E-state index contributed by atoms with van der Waals surface area (Å²) in [5.74, 6) is 0. The molecule has 0 atom stereocenters. The lowest BCUT2D eigenvalue weighted by atomic mass is 9.92. The fourth-order valence-corrected chi connectivity index (χ4v) is 11.8. The van der Waals surface area contributed by atoms with Gasteiger partial charge in [0.05, 0.1) is 11.2 Å². The normalized spacial score (nSPS) is 11.2. The summed E-state index contributed by atoms with van der Waals surface area (Å²) in [6.45, 7) is 0. The molecule has 0 amide bonds. The average Bonchev–Trinajstić information content (AvgIpc) is 3.70. The first kappa shape index (κ1) is 49.4. The third-order valence-electron chi connectivity index (χ3n) is 15.5. The van der Waals surface area contributed by atoms with Crippen molar-refractivity contribution in [2.24, 2.45) is 0 Å². The lowest BCUT2D eigenvalue weighted by Gasteiger charge is -2.29. The Morgan fingerprint density at radius 1 is 0.207 bits per heavy atom. The minimum Gasteiger partial charge on any atom is -0.311 e. The molecule has 1 aromatic heterocycles. The molecular formula is C78H56N4. The van der Waals surface area contributed by atoms with Crippen molar-refractivity contribution in [3.63, 3.8) is 0 Å². The zero-order valence-corrected chi connectivity index (χ0v) is 45.1. The van der Waals surface area contributed by atoms with Crippen molar-refractivity contribution in [1.82, 2.24) is 4.57 Å². The van der Waals surface area contributed by atoms with Crippen LogP contribution in [-0.4, -0.2) is 4.57 Å². The van der Waals surface area contributed by atoms with Crippen molar-refractivity contribution in [2.45, 2.75) is 0 Å². The molecule has 0 aliphatic heterocycles. The molecule has 0 unspecified atom stereocenters. The Morgan fingerprint density at radius 2 is 0.500 bits per heavy atom. The van der Waals surface area contributed by atoms with E-state index >= 15 is 0 Å². The predicted octanol–water partition coefficient (Wildman–Crippen LogP) is 21.9. The van der Waals surface area contributed by atoms with Crippen molar-refractivity contribution >= 4 is 72.9 Å². The molecule has 0 radical (unpaired) electrons. The summed E-state index contributed by atoms with van der Waals surface area (Å²) in [4.78, 5) is 6.98. The number of para-hydroxylation sites is 4. The number of nitrogens with zero attached hydrogens (tertiary/aromatic N) is 4. The first-order valence-corrected chi connectivity index (χ1v) is 28.0. The lowest BCUT2D eigenvalue weighted by molar-refractivity contribution is 1.14. The molecule has 14 rings (SSSR count). The smallest absolute Gasteiger partial charge is 0.0620 e. The summed E-state index contributed by atoms with van der Waals surface area (Å²) < 4.78 is 2.50. The van der Waals surface area contributed by atoms with E-state index in [4.69, 9.17) is 0 Å². The number of rotatable bonds is 14. The minimum atomic E-state index is 1.04. The van der Waals surface area contributed by atoms with Crippen molar-refractivity contribution in [3.05, 3.63) is 340 Å². The van der Waals surface area contributed by atoms with Crippen molar-refractivity contribution < 1.29 is 0 Å². The molecule has 1 heterocycles. The Kier molecular flexibility index (Phi) is 13.3. The van der Waals surface area contributed by atoms with Crippen LogP contribution in [-0.2, 0) is 0 Å². The van der Waals surface area contributed by atoms with Gasteiger partial charge in [-0.2, -0.15) is 0 Å². The molecule has 4 nitrogen and oxygen atoms in total. The van der Waals surface area contributed by atoms with E-state index in [1.165, 1.54) is 49.5 Å². The van der Waals surface area contributed by atoms with Gasteiger partial charge in [0.1, 0.15) is 0 Å². The first-order valence-electron chi connectivity index (χ1n) is 28.0. The number of aromatic nitrogens is 1. The van der Waals surface area contributed by atoms with Crippen LogP contribution in [0.15, 0.2) is 340 Å². The molecular weight excluding hydrogens is 993 g/mol. The number of hydrogen-bond donors (Lipinski definition) is 0. The van der Waals surface area contributed by atoms with Gasteiger partial charge >= 0.3 is 0 Å². The van der Waals surface area contributed by atoms with Gasteiger partial charge in [0.15, 0.2) is 0 Å². The van der Waals surface area contributed by atoms with Crippen LogP contribution in [0.3, 0.4) is 0 Å². The Balaban J connectivity index is 0.922. The van der Waals surface area contributed by atoms with Gasteiger partial charge in [0.2, 0.25) is 0 Å². The molecule has 0 fully saturated rings. The second-order valence-corrected chi connectivity index (χ2v) is 20.5. The third-order valence-corrected chi connectivity index (χ3v) is 15.5. The van der Waals surface area contributed by atoms with Gasteiger partial charge in [-0.25, -0.2) is 0 Å². The molecule has 0 aliphatic carbocycles. The quantitative estimate of drug-likeness (QED) is 0.108. The van der Waals surface area contributed by atoms with Crippen molar-refractivity contribution in [3.8, 4) is 50.3 Å². The summed E-state index contributed by atoms with van der Waals surface area (Å²) in [6.07, 6.45) is 0. The summed E-state index contributed by atoms with van der Waals surface area (Å²) in [7, 11) is 0. The van der Waals surface area contributed by atoms with Crippen LogP contribution >= 0.6 is 0 Å². The number of benzene rings is 13. The lowest BCUT2D eigenvalue weighted by Crippen LogP contribution is -2.13. The van der Waals surface area contributed by atoms with E-state index < -0.39 is 0 Å². The molecule has 0 aliphatic rings. The topological polar surface area (TPSA) is 14.7 Å².